The zero-order valence-corrected chi connectivity index (χ0v) is 15.5. The van der Waals surface area contributed by atoms with E-state index in [1.807, 2.05) is 14.1 Å². The molecule has 0 aromatic heterocycles. The molecule has 1 saturated carbocycles. The fourth-order valence-corrected chi connectivity index (χ4v) is 5.26. The van der Waals surface area contributed by atoms with Gasteiger partial charge in [-0.25, -0.2) is 8.42 Å². The Morgan fingerprint density at radius 2 is 1.83 bits per heavy atom. The third-order valence-corrected chi connectivity index (χ3v) is 7.05. The number of benzene rings is 1. The van der Waals surface area contributed by atoms with Crippen LogP contribution in [-0.2, 0) is 10.0 Å². The molecule has 1 saturated heterocycles. The summed E-state index contributed by atoms with van der Waals surface area (Å²) in [6, 6.07) is 5.12. The van der Waals surface area contributed by atoms with Gasteiger partial charge in [0.1, 0.15) is 16.4 Å². The third kappa shape index (κ3) is 3.12. The van der Waals surface area contributed by atoms with Gasteiger partial charge in [-0.1, -0.05) is 0 Å². The first-order chi connectivity index (χ1) is 11.4. The van der Waals surface area contributed by atoms with Gasteiger partial charge in [-0.05, 0) is 50.9 Å². The molecule has 1 aromatic carbocycles. The molecule has 2 atom stereocenters. The van der Waals surface area contributed by atoms with Gasteiger partial charge < -0.3 is 14.4 Å². The van der Waals surface area contributed by atoms with Crippen molar-refractivity contribution in [2.45, 2.75) is 23.8 Å². The molecule has 0 bridgehead atoms. The molecule has 6 nitrogen and oxygen atoms in total. The Hall–Kier alpha value is -1.31. The topological polar surface area (TPSA) is 59.1 Å². The maximum absolute atomic E-state index is 13.2. The standard InChI is InChI=1S/C17H26N2O4S/c1-18(2)15-11-19(10-14(15)12-5-6-12)24(20,21)17-8-7-13(22-3)9-16(17)23-4/h7-9,12,14-15H,5-6,10-11H2,1-4H3/t14-,15+/m1/s1. The van der Waals surface area contributed by atoms with E-state index in [-0.39, 0.29) is 10.9 Å². The first-order valence-electron chi connectivity index (χ1n) is 8.27. The number of likely N-dealkylation sites (N-methyl/N-ethyl adjacent to an activating group) is 1. The lowest BCUT2D eigenvalue weighted by atomic mass is 9.97. The highest BCUT2D eigenvalue weighted by atomic mass is 32.2. The Morgan fingerprint density at radius 1 is 1.12 bits per heavy atom. The molecular weight excluding hydrogens is 328 g/mol. The van der Waals surface area contributed by atoms with Crippen molar-refractivity contribution < 1.29 is 17.9 Å². The van der Waals surface area contributed by atoms with Crippen molar-refractivity contribution in [1.82, 2.24) is 9.21 Å². The second-order valence-corrected chi connectivity index (χ2v) is 8.78. The van der Waals surface area contributed by atoms with Crippen LogP contribution in [0.1, 0.15) is 12.8 Å². The Kier molecular flexibility index (Phi) is 4.77. The van der Waals surface area contributed by atoms with Crippen LogP contribution in [0.15, 0.2) is 23.1 Å². The van der Waals surface area contributed by atoms with Crippen molar-refractivity contribution >= 4 is 10.0 Å². The minimum absolute atomic E-state index is 0.208. The van der Waals surface area contributed by atoms with Crippen molar-refractivity contribution in [3.05, 3.63) is 18.2 Å². The van der Waals surface area contributed by atoms with E-state index in [0.717, 1.165) is 0 Å². The van der Waals surface area contributed by atoms with E-state index < -0.39 is 10.0 Å². The average Bonchev–Trinajstić information content (AvgIpc) is 3.31. The van der Waals surface area contributed by atoms with E-state index in [9.17, 15) is 8.42 Å². The van der Waals surface area contributed by atoms with Crippen LogP contribution in [0.25, 0.3) is 0 Å². The molecule has 1 aromatic rings. The molecular formula is C17H26N2O4S. The van der Waals surface area contributed by atoms with Crippen LogP contribution >= 0.6 is 0 Å². The fraction of sp³-hybridized carbons (Fsp3) is 0.647. The minimum atomic E-state index is -3.59. The highest BCUT2D eigenvalue weighted by Gasteiger charge is 2.47. The Morgan fingerprint density at radius 3 is 2.38 bits per heavy atom. The lowest BCUT2D eigenvalue weighted by molar-refractivity contribution is 0.237. The van der Waals surface area contributed by atoms with Crippen LogP contribution in [-0.4, -0.2) is 65.1 Å². The average molecular weight is 354 g/mol. The van der Waals surface area contributed by atoms with E-state index in [1.165, 1.54) is 20.0 Å². The molecule has 1 heterocycles. The number of hydrogen-bond acceptors (Lipinski definition) is 5. The molecule has 7 heteroatoms. The summed E-state index contributed by atoms with van der Waals surface area (Å²) in [5.74, 6) is 1.98. The van der Waals surface area contributed by atoms with Crippen molar-refractivity contribution in [1.29, 1.82) is 0 Å². The predicted octanol–water partition coefficient (Wildman–Crippen LogP) is 1.66. The van der Waals surface area contributed by atoms with Crippen molar-refractivity contribution in [3.8, 4) is 11.5 Å². The number of hydrogen-bond donors (Lipinski definition) is 0. The van der Waals surface area contributed by atoms with Crippen molar-refractivity contribution in [3.63, 3.8) is 0 Å². The molecule has 0 N–H and O–H groups in total. The molecule has 0 amide bonds. The maximum atomic E-state index is 13.2. The first kappa shape index (κ1) is 17.5. The maximum Gasteiger partial charge on any atom is 0.246 e. The van der Waals surface area contributed by atoms with Gasteiger partial charge in [0.05, 0.1) is 14.2 Å². The zero-order valence-electron chi connectivity index (χ0n) is 14.7. The van der Waals surface area contributed by atoms with Gasteiger partial charge >= 0.3 is 0 Å². The number of rotatable bonds is 6. The number of methoxy groups -OCH3 is 2. The predicted molar refractivity (Wildman–Crippen MR) is 92.0 cm³/mol. The number of nitrogens with zero attached hydrogens (tertiary/aromatic N) is 2. The number of ether oxygens (including phenoxy) is 2. The molecule has 2 fully saturated rings. The molecule has 0 spiro atoms. The Balaban J connectivity index is 1.91. The second kappa shape index (κ2) is 6.54. The first-order valence-corrected chi connectivity index (χ1v) is 9.71. The minimum Gasteiger partial charge on any atom is -0.497 e. The highest BCUT2D eigenvalue weighted by molar-refractivity contribution is 7.89. The SMILES string of the molecule is COc1ccc(S(=O)(=O)N2C[C@H](C3CC3)[C@@H](N(C)C)C2)c(OC)c1. The summed E-state index contributed by atoms with van der Waals surface area (Å²) >= 11 is 0. The molecule has 1 aliphatic heterocycles. The van der Waals surface area contributed by atoms with Gasteiger partial charge in [-0.3, -0.25) is 0 Å². The van der Waals surface area contributed by atoms with Gasteiger partial charge in [0, 0.05) is 25.2 Å². The van der Waals surface area contributed by atoms with Crippen LogP contribution in [0, 0.1) is 11.8 Å². The van der Waals surface area contributed by atoms with Crippen molar-refractivity contribution in [2.24, 2.45) is 11.8 Å². The van der Waals surface area contributed by atoms with Crippen LogP contribution < -0.4 is 9.47 Å². The summed E-state index contributed by atoms with van der Waals surface area (Å²) < 4.78 is 38.4. The second-order valence-electron chi connectivity index (χ2n) is 6.87. The van der Waals surface area contributed by atoms with Crippen LogP contribution in [0.4, 0.5) is 0 Å². The van der Waals surface area contributed by atoms with Gasteiger partial charge in [-0.2, -0.15) is 4.31 Å². The van der Waals surface area contributed by atoms with Gasteiger partial charge in [-0.15, -0.1) is 0 Å². The lowest BCUT2D eigenvalue weighted by Gasteiger charge is -2.24. The Bertz CT molecular complexity index is 691. The fourth-order valence-electron chi connectivity index (χ4n) is 3.63. The zero-order chi connectivity index (χ0) is 17.5. The molecule has 2 aliphatic rings. The van der Waals surface area contributed by atoms with Gasteiger partial charge in [0.15, 0.2) is 0 Å². The monoisotopic (exact) mass is 354 g/mol. The summed E-state index contributed by atoms with van der Waals surface area (Å²) in [6.07, 6.45) is 2.43. The van der Waals surface area contributed by atoms with Crippen LogP contribution in [0.5, 0.6) is 11.5 Å². The lowest BCUT2D eigenvalue weighted by Crippen LogP contribution is -2.36. The smallest absolute Gasteiger partial charge is 0.246 e. The van der Waals surface area contributed by atoms with Crippen LogP contribution in [0.3, 0.4) is 0 Å². The summed E-state index contributed by atoms with van der Waals surface area (Å²) in [4.78, 5) is 2.36. The molecule has 0 radical (unpaired) electrons. The largest absolute Gasteiger partial charge is 0.497 e. The van der Waals surface area contributed by atoms with E-state index >= 15 is 0 Å². The Labute approximate surface area is 144 Å². The molecule has 24 heavy (non-hydrogen) atoms. The molecule has 1 aliphatic carbocycles. The van der Waals surface area contributed by atoms with E-state index in [1.54, 1.807) is 29.6 Å². The quantitative estimate of drug-likeness (QED) is 0.778. The highest BCUT2D eigenvalue weighted by Crippen LogP contribution is 2.44. The summed E-state index contributed by atoms with van der Waals surface area (Å²) in [5.41, 5.74) is 0. The molecule has 3 rings (SSSR count). The molecule has 134 valence electrons. The molecule has 0 unspecified atom stereocenters. The van der Waals surface area contributed by atoms with E-state index in [2.05, 4.69) is 4.90 Å². The summed E-state index contributed by atoms with van der Waals surface area (Å²) in [5, 5.41) is 0. The third-order valence-electron chi connectivity index (χ3n) is 5.18. The van der Waals surface area contributed by atoms with E-state index in [4.69, 9.17) is 9.47 Å². The number of sulfonamides is 1. The van der Waals surface area contributed by atoms with E-state index in [0.29, 0.717) is 36.4 Å². The van der Waals surface area contributed by atoms with Crippen LogP contribution in [0.2, 0.25) is 0 Å². The summed E-state index contributed by atoms with van der Waals surface area (Å²) in [6.45, 7) is 1.12. The van der Waals surface area contributed by atoms with Gasteiger partial charge in [0.2, 0.25) is 10.0 Å². The normalized spacial score (nSPS) is 25.2. The van der Waals surface area contributed by atoms with Crippen molar-refractivity contribution in [2.75, 3.05) is 41.4 Å². The summed E-state index contributed by atoms with van der Waals surface area (Å²) in [7, 11) is 3.50. The van der Waals surface area contributed by atoms with Gasteiger partial charge in [0.25, 0.3) is 0 Å².